The topological polar surface area (TPSA) is 83.1 Å². The summed E-state index contributed by atoms with van der Waals surface area (Å²) in [5.74, 6) is -0.334. The highest BCUT2D eigenvalue weighted by Crippen LogP contribution is 2.27. The van der Waals surface area contributed by atoms with E-state index in [2.05, 4.69) is 34.3 Å². The maximum atomic E-state index is 12.2. The molecule has 29 heavy (non-hydrogen) atoms. The first-order valence-corrected chi connectivity index (χ1v) is 11.2. The molecule has 2 N–H and O–H groups in total. The summed E-state index contributed by atoms with van der Waals surface area (Å²) in [5.41, 5.74) is -0.296. The van der Waals surface area contributed by atoms with Gasteiger partial charge in [-0.05, 0) is 12.8 Å². The maximum absolute atomic E-state index is 12.2. The van der Waals surface area contributed by atoms with Crippen LogP contribution in [-0.4, -0.2) is 100 Å². The summed E-state index contributed by atoms with van der Waals surface area (Å²) in [6, 6.07) is 0. The second-order valence-electron chi connectivity index (χ2n) is 8.21. The van der Waals surface area contributed by atoms with Crippen LogP contribution in [-0.2, 0) is 19.1 Å². The van der Waals surface area contributed by atoms with Gasteiger partial charge in [0, 0.05) is 70.9 Å². The zero-order valence-corrected chi connectivity index (χ0v) is 18.3. The van der Waals surface area contributed by atoms with Crippen molar-refractivity contribution < 1.29 is 19.1 Å². The summed E-state index contributed by atoms with van der Waals surface area (Å²) >= 11 is 0. The average Bonchev–Trinajstić information content (AvgIpc) is 2.78. The molecule has 2 rings (SSSR count). The molecule has 0 aromatic rings. The molecular weight excluding hydrogens is 372 g/mol. The molecule has 2 aliphatic rings. The molecule has 8 heteroatoms. The zero-order chi connectivity index (χ0) is 21.0. The Morgan fingerprint density at radius 3 is 1.48 bits per heavy atom. The summed E-state index contributed by atoms with van der Waals surface area (Å²) < 4.78 is 11.2. The summed E-state index contributed by atoms with van der Waals surface area (Å²) in [5, 5.41) is 6.62. The normalized spacial score (nSPS) is 19.1. The molecule has 0 aromatic carbocycles. The Labute approximate surface area is 175 Å². The molecule has 2 fully saturated rings. The second kappa shape index (κ2) is 13.2. The van der Waals surface area contributed by atoms with Crippen LogP contribution in [0.15, 0.2) is 0 Å². The number of piperazine rings is 2. The van der Waals surface area contributed by atoms with E-state index in [1.54, 1.807) is 0 Å². The minimum absolute atomic E-state index is 0.167. The van der Waals surface area contributed by atoms with E-state index in [-0.39, 0.29) is 17.4 Å². The third-order valence-corrected chi connectivity index (χ3v) is 6.26. The van der Waals surface area contributed by atoms with E-state index in [0.717, 1.165) is 78.3 Å². The fraction of sp³-hybridized carbons (Fsp3) is 0.905. The molecule has 8 nitrogen and oxygen atoms in total. The lowest BCUT2D eigenvalue weighted by Crippen LogP contribution is -2.44. The van der Waals surface area contributed by atoms with Crippen LogP contribution in [0.3, 0.4) is 0 Å². The van der Waals surface area contributed by atoms with Crippen LogP contribution in [0, 0.1) is 5.41 Å². The molecule has 2 aliphatic heterocycles. The molecule has 0 atom stereocenters. The summed E-state index contributed by atoms with van der Waals surface area (Å²) in [7, 11) is 0. The first-order chi connectivity index (χ1) is 14.1. The highest BCUT2D eigenvalue weighted by atomic mass is 16.5. The highest BCUT2D eigenvalue weighted by Gasteiger charge is 2.30. The van der Waals surface area contributed by atoms with Crippen molar-refractivity contribution in [3.63, 3.8) is 0 Å². The molecule has 2 saturated heterocycles. The Bertz CT molecular complexity index is 447. The van der Waals surface area contributed by atoms with Gasteiger partial charge in [-0.3, -0.25) is 9.59 Å². The SMILES string of the molecule is CCC(CC)(COC(=O)CCN1CCNCC1)COC(=O)CCN1CCNCC1. The second-order valence-corrected chi connectivity index (χ2v) is 8.21. The van der Waals surface area contributed by atoms with Crippen LogP contribution in [0.2, 0.25) is 0 Å². The first-order valence-electron chi connectivity index (χ1n) is 11.2. The standard InChI is InChI=1S/C21H40N4O4/c1-3-21(4-2,17-28-19(26)5-11-24-13-7-22-8-14-24)18-29-20(27)6-12-25-15-9-23-10-16-25/h22-23H,3-18H2,1-2H3. The lowest BCUT2D eigenvalue weighted by atomic mass is 9.84. The van der Waals surface area contributed by atoms with Crippen LogP contribution in [0.5, 0.6) is 0 Å². The molecular formula is C21H40N4O4. The van der Waals surface area contributed by atoms with Gasteiger partial charge in [-0.25, -0.2) is 0 Å². The molecule has 0 saturated carbocycles. The first kappa shape index (κ1) is 24.1. The van der Waals surface area contributed by atoms with E-state index in [9.17, 15) is 9.59 Å². The van der Waals surface area contributed by atoms with Crippen molar-refractivity contribution >= 4 is 11.9 Å². The Morgan fingerprint density at radius 1 is 0.759 bits per heavy atom. The molecule has 0 aromatic heterocycles. The third kappa shape index (κ3) is 8.99. The van der Waals surface area contributed by atoms with Gasteiger partial charge >= 0.3 is 11.9 Å². The Hall–Kier alpha value is -1.22. The van der Waals surface area contributed by atoms with Crippen LogP contribution in [0.1, 0.15) is 39.5 Å². The number of hydrogen-bond acceptors (Lipinski definition) is 8. The fourth-order valence-electron chi connectivity index (χ4n) is 3.68. The smallest absolute Gasteiger partial charge is 0.307 e. The van der Waals surface area contributed by atoms with Gasteiger partial charge in [-0.1, -0.05) is 13.8 Å². The van der Waals surface area contributed by atoms with Gasteiger partial charge in [0.05, 0.1) is 12.8 Å². The van der Waals surface area contributed by atoms with Crippen molar-refractivity contribution in [2.45, 2.75) is 39.5 Å². The van der Waals surface area contributed by atoms with Crippen molar-refractivity contribution in [1.29, 1.82) is 0 Å². The number of carbonyl (C=O) groups excluding carboxylic acids is 2. The van der Waals surface area contributed by atoms with E-state index in [1.807, 2.05) is 0 Å². The van der Waals surface area contributed by atoms with Gasteiger partial charge in [0.15, 0.2) is 0 Å². The minimum Gasteiger partial charge on any atom is -0.465 e. The third-order valence-electron chi connectivity index (χ3n) is 6.26. The number of nitrogens with one attached hydrogen (secondary N) is 2. The van der Waals surface area contributed by atoms with Gasteiger partial charge in [0.25, 0.3) is 0 Å². The van der Waals surface area contributed by atoms with Crippen LogP contribution in [0.4, 0.5) is 0 Å². The molecule has 168 valence electrons. The van der Waals surface area contributed by atoms with Gasteiger partial charge < -0.3 is 29.9 Å². The summed E-state index contributed by atoms with van der Waals surface area (Å²) in [6.45, 7) is 14.0. The van der Waals surface area contributed by atoms with Crippen molar-refractivity contribution in [1.82, 2.24) is 20.4 Å². The molecule has 2 heterocycles. The molecule has 0 unspecified atom stereocenters. The average molecular weight is 413 g/mol. The predicted molar refractivity (Wildman–Crippen MR) is 113 cm³/mol. The van der Waals surface area contributed by atoms with E-state index < -0.39 is 0 Å². The Kier molecular flexibility index (Phi) is 10.9. The maximum Gasteiger partial charge on any atom is 0.307 e. The van der Waals surface area contributed by atoms with Gasteiger partial charge in [0.2, 0.25) is 0 Å². The van der Waals surface area contributed by atoms with E-state index >= 15 is 0 Å². The Balaban J connectivity index is 1.66. The predicted octanol–water partition coefficient (Wildman–Crippen LogP) is 0.470. The van der Waals surface area contributed by atoms with Gasteiger partial charge in [-0.2, -0.15) is 0 Å². The number of nitrogens with zero attached hydrogens (tertiary/aromatic N) is 2. The minimum atomic E-state index is -0.296. The molecule has 0 spiro atoms. The fourth-order valence-corrected chi connectivity index (χ4v) is 3.68. The van der Waals surface area contributed by atoms with Crippen molar-refractivity contribution in [2.24, 2.45) is 5.41 Å². The summed E-state index contributed by atoms with van der Waals surface area (Å²) in [4.78, 5) is 29.0. The number of rotatable bonds is 12. The molecule has 0 bridgehead atoms. The summed E-state index contributed by atoms with van der Waals surface area (Å²) in [6.07, 6.45) is 2.43. The van der Waals surface area contributed by atoms with Crippen molar-refractivity contribution in [3.8, 4) is 0 Å². The lowest BCUT2D eigenvalue weighted by molar-refractivity contribution is -0.155. The van der Waals surface area contributed by atoms with Crippen molar-refractivity contribution in [2.75, 3.05) is 78.7 Å². The highest BCUT2D eigenvalue weighted by molar-refractivity contribution is 5.70. The van der Waals surface area contributed by atoms with Crippen LogP contribution >= 0.6 is 0 Å². The van der Waals surface area contributed by atoms with Crippen LogP contribution < -0.4 is 10.6 Å². The number of esters is 2. The molecule has 0 amide bonds. The molecule has 0 aliphatic carbocycles. The van der Waals surface area contributed by atoms with Crippen molar-refractivity contribution in [3.05, 3.63) is 0 Å². The quantitative estimate of drug-likeness (QED) is 0.448. The van der Waals surface area contributed by atoms with E-state index in [4.69, 9.17) is 9.47 Å². The number of carbonyl (C=O) groups is 2. The van der Waals surface area contributed by atoms with Gasteiger partial charge in [-0.15, -0.1) is 0 Å². The van der Waals surface area contributed by atoms with Crippen LogP contribution in [0.25, 0.3) is 0 Å². The lowest BCUT2D eigenvalue weighted by Gasteiger charge is -2.31. The zero-order valence-electron chi connectivity index (χ0n) is 18.3. The van der Waals surface area contributed by atoms with E-state index in [0.29, 0.717) is 26.1 Å². The van der Waals surface area contributed by atoms with E-state index in [1.165, 1.54) is 0 Å². The largest absolute Gasteiger partial charge is 0.465 e. The van der Waals surface area contributed by atoms with Gasteiger partial charge in [0.1, 0.15) is 13.2 Å². The molecule has 0 radical (unpaired) electrons. The number of ether oxygens (including phenoxy) is 2. The number of hydrogen-bond donors (Lipinski definition) is 2. The Morgan fingerprint density at radius 2 is 1.14 bits per heavy atom. The monoisotopic (exact) mass is 412 g/mol.